The Labute approximate surface area is 229 Å². The zero-order valence-electron chi connectivity index (χ0n) is 20.1. The molecule has 1 aliphatic heterocycles. The minimum Gasteiger partial charge on any atom is -0.473 e. The van der Waals surface area contributed by atoms with Crippen molar-refractivity contribution < 1.29 is 19.8 Å². The number of hydrazine groups is 1. The van der Waals surface area contributed by atoms with E-state index in [0.717, 1.165) is 22.9 Å². The highest BCUT2D eigenvalue weighted by atomic mass is 32.2. The van der Waals surface area contributed by atoms with Crippen LogP contribution in [0, 0.1) is 23.2 Å². The van der Waals surface area contributed by atoms with Gasteiger partial charge in [-0.1, -0.05) is 54.5 Å². The van der Waals surface area contributed by atoms with E-state index in [4.69, 9.17) is 10.4 Å². The molecule has 0 radical (unpaired) electrons. The van der Waals surface area contributed by atoms with Gasteiger partial charge in [-0.15, -0.1) is 11.3 Å². The van der Waals surface area contributed by atoms with E-state index >= 15 is 0 Å². The zero-order valence-corrected chi connectivity index (χ0v) is 22.6. The van der Waals surface area contributed by atoms with E-state index < -0.39 is 11.4 Å². The fourth-order valence-electron chi connectivity index (χ4n) is 3.72. The number of carbonyl (C=O) groups excluding carboxylic acids is 1. The zero-order chi connectivity index (χ0) is 26.6. The second kappa shape index (κ2) is 14.7. The van der Waals surface area contributed by atoms with Crippen molar-refractivity contribution in [3.63, 3.8) is 0 Å². The third kappa shape index (κ3) is 9.12. The number of aliphatic hydroxyl groups is 1. The van der Waals surface area contributed by atoms with Crippen LogP contribution < -0.4 is 0 Å². The summed E-state index contributed by atoms with van der Waals surface area (Å²) in [5.74, 6) is 6.81. The first kappa shape index (κ1) is 28.6. The van der Waals surface area contributed by atoms with Crippen LogP contribution in [0.3, 0.4) is 0 Å². The van der Waals surface area contributed by atoms with Gasteiger partial charge in [0.25, 0.3) is 5.24 Å². The quantitative estimate of drug-likeness (QED) is 0.291. The highest BCUT2D eigenvalue weighted by Crippen LogP contribution is 2.25. The van der Waals surface area contributed by atoms with E-state index in [-0.39, 0.29) is 5.24 Å². The van der Waals surface area contributed by atoms with Gasteiger partial charge in [-0.25, -0.2) is 9.80 Å². The van der Waals surface area contributed by atoms with Crippen molar-refractivity contribution >= 4 is 45.4 Å². The van der Waals surface area contributed by atoms with Gasteiger partial charge in [0.1, 0.15) is 10.9 Å². The second-order valence-electron chi connectivity index (χ2n) is 8.05. The standard InChI is InChI=1S/C27H27N3O4S3/c1-2-4-24(37-27(33)34)10-13-30-26(32)36-16-14-29(30)12-9-23(31)18-21-6-3-5-20(17-21)7-8-22-11-15-35-25(22)19-28/h2-6,11,15,17,23,31H,1,9-10,12-14,16,18H2,(H,33,34)/b24-4-/t23-/m1/s1. The van der Waals surface area contributed by atoms with Crippen LogP contribution in [-0.2, 0) is 6.42 Å². The van der Waals surface area contributed by atoms with Gasteiger partial charge >= 0.3 is 5.30 Å². The lowest BCUT2D eigenvalue weighted by atomic mass is 10.0. The average Bonchev–Trinajstić information content (AvgIpc) is 3.33. The average molecular weight is 554 g/mol. The lowest BCUT2D eigenvalue weighted by Gasteiger charge is -2.38. The summed E-state index contributed by atoms with van der Waals surface area (Å²) in [5.41, 5.74) is 2.48. The number of thioether (sulfide) groups is 2. The first-order valence-electron chi connectivity index (χ1n) is 11.6. The maximum absolute atomic E-state index is 12.5. The van der Waals surface area contributed by atoms with E-state index in [1.165, 1.54) is 23.1 Å². The molecule has 0 aliphatic carbocycles. The molecule has 1 aliphatic rings. The van der Waals surface area contributed by atoms with Crippen LogP contribution in [0.1, 0.15) is 34.4 Å². The van der Waals surface area contributed by atoms with Gasteiger partial charge in [-0.05, 0) is 65.1 Å². The predicted molar refractivity (Wildman–Crippen MR) is 150 cm³/mol. The predicted octanol–water partition coefficient (Wildman–Crippen LogP) is 5.57. The summed E-state index contributed by atoms with van der Waals surface area (Å²) < 4.78 is 0. The van der Waals surface area contributed by atoms with E-state index in [0.29, 0.717) is 60.0 Å². The summed E-state index contributed by atoms with van der Waals surface area (Å²) >= 11 is 3.33. The first-order chi connectivity index (χ1) is 17.9. The Kier molecular flexibility index (Phi) is 11.3. The van der Waals surface area contributed by atoms with Gasteiger partial charge < -0.3 is 10.2 Å². The Balaban J connectivity index is 1.56. The number of nitriles is 1. The fraction of sp³-hybridized carbons (Fsp3) is 0.296. The Bertz CT molecular complexity index is 1260. The minimum atomic E-state index is -0.999. The van der Waals surface area contributed by atoms with Crippen LogP contribution in [0.15, 0.2) is 59.3 Å². The van der Waals surface area contributed by atoms with E-state index in [1.807, 2.05) is 40.7 Å². The number of carbonyl (C=O) groups is 2. The summed E-state index contributed by atoms with van der Waals surface area (Å²) in [6.07, 6.45) is 3.92. The topological polar surface area (TPSA) is 105 Å². The molecule has 1 aromatic heterocycles. The number of thiophene rings is 1. The van der Waals surface area contributed by atoms with Crippen molar-refractivity contribution in [3.8, 4) is 17.9 Å². The van der Waals surface area contributed by atoms with Crippen LogP contribution in [0.5, 0.6) is 0 Å². The van der Waals surface area contributed by atoms with Crippen LogP contribution in [0.2, 0.25) is 0 Å². The number of benzene rings is 1. The molecule has 2 aromatic rings. The number of nitrogens with zero attached hydrogens (tertiary/aromatic N) is 3. The second-order valence-corrected chi connectivity index (χ2v) is 11.1. The van der Waals surface area contributed by atoms with Crippen molar-refractivity contribution in [1.29, 1.82) is 5.26 Å². The maximum atomic E-state index is 12.5. The Morgan fingerprint density at radius 2 is 2.14 bits per heavy atom. The van der Waals surface area contributed by atoms with E-state index in [9.17, 15) is 14.7 Å². The third-order valence-electron chi connectivity index (χ3n) is 5.45. The Morgan fingerprint density at radius 1 is 1.30 bits per heavy atom. The molecular weight excluding hydrogens is 527 g/mol. The molecule has 10 heteroatoms. The van der Waals surface area contributed by atoms with Crippen LogP contribution >= 0.6 is 34.9 Å². The molecule has 1 amide bonds. The van der Waals surface area contributed by atoms with Crippen molar-refractivity contribution in [2.24, 2.45) is 0 Å². The minimum absolute atomic E-state index is 0.0736. The molecule has 0 saturated carbocycles. The van der Waals surface area contributed by atoms with Gasteiger partial charge in [0.15, 0.2) is 0 Å². The van der Waals surface area contributed by atoms with E-state index in [2.05, 4.69) is 24.5 Å². The first-order valence-corrected chi connectivity index (χ1v) is 14.3. The molecule has 2 heterocycles. The largest absolute Gasteiger partial charge is 0.473 e. The molecule has 37 heavy (non-hydrogen) atoms. The monoisotopic (exact) mass is 553 g/mol. The normalized spacial score (nSPS) is 15.0. The van der Waals surface area contributed by atoms with Gasteiger partial charge in [-0.3, -0.25) is 9.80 Å². The molecule has 7 nitrogen and oxygen atoms in total. The van der Waals surface area contributed by atoms with Crippen molar-refractivity contribution in [3.05, 3.63) is 80.9 Å². The molecule has 0 bridgehead atoms. The molecule has 1 aromatic carbocycles. The summed E-state index contributed by atoms with van der Waals surface area (Å²) in [4.78, 5) is 24.8. The molecule has 1 atom stereocenters. The lowest BCUT2D eigenvalue weighted by molar-refractivity contribution is 0.0150. The maximum Gasteiger partial charge on any atom is 0.369 e. The van der Waals surface area contributed by atoms with Crippen molar-refractivity contribution in [2.45, 2.75) is 25.4 Å². The molecule has 1 fully saturated rings. The molecule has 0 spiro atoms. The SMILES string of the molecule is C=C/C=C(/CCN1C(=O)SCCN1CC[C@@H](O)Cc1cccc(C#Cc2ccsc2C#N)c1)SC(=O)O. The van der Waals surface area contributed by atoms with Gasteiger partial charge in [0.2, 0.25) is 0 Å². The highest BCUT2D eigenvalue weighted by Gasteiger charge is 2.27. The summed E-state index contributed by atoms with van der Waals surface area (Å²) in [7, 11) is 0. The Morgan fingerprint density at radius 3 is 2.89 bits per heavy atom. The summed E-state index contributed by atoms with van der Waals surface area (Å²) in [5, 5.41) is 33.3. The van der Waals surface area contributed by atoms with Crippen molar-refractivity contribution in [1.82, 2.24) is 10.0 Å². The third-order valence-corrected chi connectivity index (χ3v) is 7.89. The van der Waals surface area contributed by atoms with Crippen LogP contribution in [0.25, 0.3) is 0 Å². The van der Waals surface area contributed by atoms with Gasteiger partial charge in [0.05, 0.1) is 11.7 Å². The van der Waals surface area contributed by atoms with Gasteiger partial charge in [0, 0.05) is 31.0 Å². The molecule has 3 rings (SSSR count). The molecule has 192 valence electrons. The van der Waals surface area contributed by atoms with Crippen molar-refractivity contribution in [2.75, 3.05) is 25.4 Å². The molecule has 2 N–H and O–H groups in total. The fourth-order valence-corrected chi connectivity index (χ4v) is 5.78. The number of hydrogen-bond acceptors (Lipinski definition) is 8. The Hall–Kier alpha value is -2.99. The molecule has 0 unspecified atom stereocenters. The summed E-state index contributed by atoms with van der Waals surface area (Å²) in [6.45, 7) is 5.17. The molecule has 1 saturated heterocycles. The van der Waals surface area contributed by atoms with Gasteiger partial charge in [-0.2, -0.15) is 5.26 Å². The number of aliphatic hydroxyl groups excluding tert-OH is 1. The van der Waals surface area contributed by atoms with Crippen LogP contribution in [0.4, 0.5) is 9.59 Å². The number of allylic oxidation sites excluding steroid dienone is 2. The highest BCUT2D eigenvalue weighted by molar-refractivity contribution is 8.16. The molecular formula is C27H27N3O4S3. The number of carboxylic acid groups (broad SMARTS) is 1. The number of rotatable bonds is 10. The lowest BCUT2D eigenvalue weighted by Crippen LogP contribution is -2.50. The number of amides is 1. The summed E-state index contributed by atoms with van der Waals surface area (Å²) in [6, 6.07) is 11.7. The smallest absolute Gasteiger partial charge is 0.369 e. The van der Waals surface area contributed by atoms with E-state index in [1.54, 1.807) is 17.2 Å². The number of hydrogen-bond donors (Lipinski definition) is 2. The van der Waals surface area contributed by atoms with Crippen LogP contribution in [-0.4, -0.2) is 62.3 Å².